The summed E-state index contributed by atoms with van der Waals surface area (Å²) in [5, 5.41) is 12.3. The molecule has 6 heteroatoms. The molecule has 0 spiro atoms. The van der Waals surface area contributed by atoms with Gasteiger partial charge in [0.05, 0.1) is 23.5 Å². The van der Waals surface area contributed by atoms with Gasteiger partial charge in [-0.1, -0.05) is 30.2 Å². The van der Waals surface area contributed by atoms with Crippen molar-refractivity contribution in [3.05, 3.63) is 29.3 Å². The molecule has 1 aliphatic carbocycles. The molecule has 0 unspecified atom stereocenters. The van der Waals surface area contributed by atoms with E-state index in [1.54, 1.807) is 24.3 Å². The predicted molar refractivity (Wildman–Crippen MR) is 78.5 cm³/mol. The molecule has 5 nitrogen and oxygen atoms in total. The van der Waals surface area contributed by atoms with Gasteiger partial charge in [-0.05, 0) is 25.0 Å². The molecular formula is C15H18ClNO4. The zero-order chi connectivity index (χ0) is 15.3. The van der Waals surface area contributed by atoms with Gasteiger partial charge >= 0.3 is 5.97 Å². The Morgan fingerprint density at radius 1 is 1.33 bits per heavy atom. The van der Waals surface area contributed by atoms with Gasteiger partial charge in [-0.15, -0.1) is 0 Å². The van der Waals surface area contributed by atoms with E-state index in [0.717, 1.165) is 6.42 Å². The van der Waals surface area contributed by atoms with Crippen LogP contribution in [-0.4, -0.2) is 30.1 Å². The monoisotopic (exact) mass is 311 g/mol. The van der Waals surface area contributed by atoms with Gasteiger partial charge in [0.25, 0.3) is 0 Å². The van der Waals surface area contributed by atoms with Crippen LogP contribution in [0.5, 0.6) is 5.75 Å². The number of hydrogen-bond donors (Lipinski definition) is 2. The molecule has 0 bridgehead atoms. The zero-order valence-corrected chi connectivity index (χ0v) is 12.4. The summed E-state index contributed by atoms with van der Waals surface area (Å²) >= 11 is 5.93. The van der Waals surface area contributed by atoms with Crippen molar-refractivity contribution in [1.82, 2.24) is 5.32 Å². The molecule has 2 rings (SSSR count). The van der Waals surface area contributed by atoms with Crippen LogP contribution in [0.1, 0.15) is 25.7 Å². The number of carbonyl (C=O) groups excluding carboxylic acids is 1. The number of carboxylic acids is 1. The fourth-order valence-corrected chi connectivity index (χ4v) is 2.43. The topological polar surface area (TPSA) is 75.6 Å². The Balaban J connectivity index is 1.71. The number of amides is 1. The van der Waals surface area contributed by atoms with Crippen molar-refractivity contribution in [2.24, 2.45) is 5.41 Å². The minimum Gasteiger partial charge on any atom is -0.491 e. The van der Waals surface area contributed by atoms with Crippen LogP contribution in [0, 0.1) is 5.41 Å². The number of halogens is 1. The molecule has 0 saturated heterocycles. The first-order valence-electron chi connectivity index (χ1n) is 6.91. The van der Waals surface area contributed by atoms with Crippen molar-refractivity contribution < 1.29 is 19.4 Å². The highest BCUT2D eigenvalue weighted by atomic mass is 35.5. The van der Waals surface area contributed by atoms with E-state index in [1.165, 1.54) is 0 Å². The lowest BCUT2D eigenvalue weighted by molar-refractivity contribution is -0.154. The summed E-state index contributed by atoms with van der Waals surface area (Å²) in [6, 6.07) is 7.04. The zero-order valence-electron chi connectivity index (χ0n) is 11.6. The highest BCUT2D eigenvalue weighted by Crippen LogP contribution is 2.40. The average molecular weight is 312 g/mol. The predicted octanol–water partition coefficient (Wildman–Crippen LogP) is 2.48. The Bertz CT molecular complexity index is 528. The smallest absolute Gasteiger partial charge is 0.311 e. The summed E-state index contributed by atoms with van der Waals surface area (Å²) in [6.45, 7) is 0.392. The number of nitrogens with one attached hydrogen (secondary N) is 1. The molecule has 0 atom stereocenters. The largest absolute Gasteiger partial charge is 0.491 e. The van der Waals surface area contributed by atoms with Gasteiger partial charge in [0, 0.05) is 6.54 Å². The average Bonchev–Trinajstić information content (AvgIpc) is 2.39. The van der Waals surface area contributed by atoms with E-state index in [9.17, 15) is 9.59 Å². The molecule has 0 heterocycles. The minimum atomic E-state index is -0.832. The van der Waals surface area contributed by atoms with Crippen LogP contribution in [0.4, 0.5) is 0 Å². The molecule has 21 heavy (non-hydrogen) atoms. The van der Waals surface area contributed by atoms with E-state index in [4.69, 9.17) is 21.4 Å². The first-order chi connectivity index (χ1) is 10.0. The first kappa shape index (κ1) is 15.6. The van der Waals surface area contributed by atoms with E-state index in [-0.39, 0.29) is 25.5 Å². The van der Waals surface area contributed by atoms with Gasteiger partial charge in [0.15, 0.2) is 0 Å². The van der Waals surface area contributed by atoms with Crippen LogP contribution in [0.2, 0.25) is 5.02 Å². The van der Waals surface area contributed by atoms with Crippen molar-refractivity contribution in [2.75, 3.05) is 13.2 Å². The van der Waals surface area contributed by atoms with Crippen LogP contribution in [0.15, 0.2) is 24.3 Å². The van der Waals surface area contributed by atoms with Crippen molar-refractivity contribution >= 4 is 23.5 Å². The van der Waals surface area contributed by atoms with Crippen LogP contribution in [0.3, 0.4) is 0 Å². The molecule has 2 N–H and O–H groups in total. The Hall–Kier alpha value is -1.75. The number of carboxylic acid groups (broad SMARTS) is 1. The van der Waals surface area contributed by atoms with E-state index in [0.29, 0.717) is 23.6 Å². The number of benzene rings is 1. The lowest BCUT2D eigenvalue weighted by atomic mass is 9.69. The van der Waals surface area contributed by atoms with Gasteiger partial charge < -0.3 is 15.2 Å². The second kappa shape index (κ2) is 6.80. The summed E-state index contributed by atoms with van der Waals surface area (Å²) in [5.41, 5.74) is -0.765. The highest BCUT2D eigenvalue weighted by Gasteiger charge is 2.44. The SMILES string of the molecule is O=C(CCOc1ccccc1Cl)NCC1(C(=O)O)CCC1. The standard InChI is InChI=1S/C15H18ClNO4/c16-11-4-1-2-5-12(11)21-9-6-13(18)17-10-15(14(19)20)7-3-8-15/h1-2,4-5H,3,6-10H2,(H,17,18)(H,19,20). The Kier molecular flexibility index (Phi) is 5.07. The molecule has 1 fully saturated rings. The number of hydrogen-bond acceptors (Lipinski definition) is 3. The summed E-state index contributed by atoms with van der Waals surface area (Å²) in [6.07, 6.45) is 2.32. The fourth-order valence-electron chi connectivity index (χ4n) is 2.24. The molecule has 1 aromatic rings. The van der Waals surface area contributed by atoms with Crippen molar-refractivity contribution in [2.45, 2.75) is 25.7 Å². The van der Waals surface area contributed by atoms with Gasteiger partial charge in [0.1, 0.15) is 5.75 Å². The third-order valence-electron chi connectivity index (χ3n) is 3.81. The molecule has 114 valence electrons. The molecule has 0 aliphatic heterocycles. The van der Waals surface area contributed by atoms with Gasteiger partial charge in [-0.3, -0.25) is 9.59 Å². The lowest BCUT2D eigenvalue weighted by Crippen LogP contribution is -2.47. The minimum absolute atomic E-state index is 0.168. The van der Waals surface area contributed by atoms with Crippen molar-refractivity contribution in [3.63, 3.8) is 0 Å². The molecule has 0 aromatic heterocycles. The third-order valence-corrected chi connectivity index (χ3v) is 4.12. The summed E-state index contributed by atoms with van der Waals surface area (Å²) < 4.78 is 5.42. The summed E-state index contributed by atoms with van der Waals surface area (Å²) in [4.78, 5) is 22.9. The van der Waals surface area contributed by atoms with E-state index in [1.807, 2.05) is 0 Å². The van der Waals surface area contributed by atoms with E-state index < -0.39 is 11.4 Å². The highest BCUT2D eigenvalue weighted by molar-refractivity contribution is 6.32. The fraction of sp³-hybridized carbons (Fsp3) is 0.467. The molecule has 1 amide bonds. The summed E-state index contributed by atoms with van der Waals surface area (Å²) in [7, 11) is 0. The third kappa shape index (κ3) is 3.88. The molecular weight excluding hydrogens is 294 g/mol. The molecule has 0 radical (unpaired) electrons. The number of para-hydroxylation sites is 1. The first-order valence-corrected chi connectivity index (χ1v) is 7.29. The normalized spacial score (nSPS) is 15.9. The number of ether oxygens (including phenoxy) is 1. The number of rotatable bonds is 7. The number of aliphatic carboxylic acids is 1. The summed E-state index contributed by atoms with van der Waals surface area (Å²) in [5.74, 6) is -0.510. The number of carbonyl (C=O) groups is 2. The molecule has 1 aromatic carbocycles. The van der Waals surface area contributed by atoms with E-state index >= 15 is 0 Å². The van der Waals surface area contributed by atoms with Gasteiger partial charge in [-0.25, -0.2) is 0 Å². The van der Waals surface area contributed by atoms with Crippen molar-refractivity contribution in [1.29, 1.82) is 0 Å². The maximum atomic E-state index is 11.7. The Labute approximate surface area is 128 Å². The van der Waals surface area contributed by atoms with E-state index in [2.05, 4.69) is 5.32 Å². The lowest BCUT2D eigenvalue weighted by Gasteiger charge is -2.37. The second-order valence-electron chi connectivity index (χ2n) is 5.24. The maximum Gasteiger partial charge on any atom is 0.311 e. The molecule has 1 aliphatic rings. The van der Waals surface area contributed by atoms with Crippen LogP contribution < -0.4 is 10.1 Å². The van der Waals surface area contributed by atoms with Gasteiger partial charge in [0.2, 0.25) is 5.91 Å². The van der Waals surface area contributed by atoms with Crippen LogP contribution in [0.25, 0.3) is 0 Å². The van der Waals surface area contributed by atoms with Crippen LogP contribution in [-0.2, 0) is 9.59 Å². The second-order valence-corrected chi connectivity index (χ2v) is 5.65. The van der Waals surface area contributed by atoms with Gasteiger partial charge in [-0.2, -0.15) is 0 Å². The Morgan fingerprint density at radius 3 is 2.62 bits per heavy atom. The Morgan fingerprint density at radius 2 is 2.05 bits per heavy atom. The molecule has 1 saturated carbocycles. The van der Waals surface area contributed by atoms with Crippen LogP contribution >= 0.6 is 11.6 Å². The maximum absolute atomic E-state index is 11.7. The van der Waals surface area contributed by atoms with Crippen molar-refractivity contribution in [3.8, 4) is 5.75 Å². The quantitative estimate of drug-likeness (QED) is 0.811.